The van der Waals surface area contributed by atoms with E-state index in [1.807, 2.05) is 36.2 Å². The Morgan fingerprint density at radius 3 is 2.56 bits per heavy atom. The molecule has 3 aliphatic rings. The predicted octanol–water partition coefficient (Wildman–Crippen LogP) is 1.87. The summed E-state index contributed by atoms with van der Waals surface area (Å²) in [5, 5.41) is 0. The molecule has 3 saturated heterocycles. The highest BCUT2D eigenvalue weighted by atomic mass is 79.9. The van der Waals surface area contributed by atoms with Crippen molar-refractivity contribution in [1.82, 2.24) is 4.90 Å². The molecule has 84 valence electrons. The van der Waals surface area contributed by atoms with Gasteiger partial charge in [-0.25, -0.2) is 0 Å². The minimum absolute atomic E-state index is 0.113. The van der Waals surface area contributed by atoms with Crippen molar-refractivity contribution in [2.45, 2.75) is 18.5 Å². The number of fused-ring (bicyclic) bond motifs is 2. The zero-order chi connectivity index (χ0) is 11.3. The fourth-order valence-electron chi connectivity index (χ4n) is 2.52. The summed E-state index contributed by atoms with van der Waals surface area (Å²) in [6.45, 7) is 0.827. The van der Waals surface area contributed by atoms with E-state index in [1.54, 1.807) is 0 Å². The van der Waals surface area contributed by atoms with Crippen molar-refractivity contribution < 1.29 is 4.79 Å². The Morgan fingerprint density at radius 2 is 2.00 bits per heavy atom. The largest absolute Gasteiger partial charge is 0.309 e. The highest BCUT2D eigenvalue weighted by Gasteiger charge is 2.48. The van der Waals surface area contributed by atoms with Crippen LogP contribution in [0.3, 0.4) is 0 Å². The minimum Gasteiger partial charge on any atom is -0.309 e. The molecule has 3 nitrogen and oxygen atoms in total. The molecule has 4 rings (SSSR count). The molecule has 0 saturated carbocycles. The smallest absolute Gasteiger partial charge is 0.244 e. The first-order valence-corrected chi connectivity index (χ1v) is 6.25. The molecule has 0 radical (unpaired) electrons. The number of amides is 1. The number of likely N-dealkylation sites (N-methyl/N-ethyl adjacent to an activating group) is 1. The van der Waals surface area contributed by atoms with Crippen LogP contribution in [-0.2, 0) is 4.79 Å². The van der Waals surface area contributed by atoms with Crippen LogP contribution in [0.4, 0.5) is 5.69 Å². The molecule has 0 spiro atoms. The van der Waals surface area contributed by atoms with Crippen LogP contribution in [0.5, 0.6) is 0 Å². The van der Waals surface area contributed by atoms with Gasteiger partial charge >= 0.3 is 0 Å². The number of nitrogens with zero attached hydrogens (tertiary/aromatic N) is 2. The number of rotatable bonds is 1. The van der Waals surface area contributed by atoms with Crippen molar-refractivity contribution >= 4 is 27.5 Å². The Balaban J connectivity index is 1.86. The van der Waals surface area contributed by atoms with Crippen LogP contribution in [-0.4, -0.2) is 36.5 Å². The maximum atomic E-state index is 12.1. The zero-order valence-electron chi connectivity index (χ0n) is 9.06. The molecule has 0 aliphatic carbocycles. The summed E-state index contributed by atoms with van der Waals surface area (Å²) in [4.78, 5) is 16.2. The third-order valence-corrected chi connectivity index (χ3v) is 4.17. The summed E-state index contributed by atoms with van der Waals surface area (Å²) in [6.07, 6.45) is 1.03. The minimum atomic E-state index is 0.113. The second-order valence-electron chi connectivity index (χ2n) is 4.50. The van der Waals surface area contributed by atoms with E-state index in [2.05, 4.69) is 20.8 Å². The Labute approximate surface area is 103 Å². The first kappa shape index (κ1) is 10.3. The van der Waals surface area contributed by atoms with Gasteiger partial charge in [-0.05, 0) is 37.7 Å². The van der Waals surface area contributed by atoms with Gasteiger partial charge in [-0.2, -0.15) is 0 Å². The SMILES string of the molecule is CN1C2CC1C(=O)N(c1ccc(Br)cc1)C2. The van der Waals surface area contributed by atoms with Crippen molar-refractivity contribution in [3.8, 4) is 0 Å². The van der Waals surface area contributed by atoms with Gasteiger partial charge in [0.05, 0.1) is 6.04 Å². The van der Waals surface area contributed by atoms with E-state index >= 15 is 0 Å². The third-order valence-electron chi connectivity index (χ3n) is 3.65. The Hall–Kier alpha value is -0.870. The van der Waals surface area contributed by atoms with Gasteiger partial charge in [0, 0.05) is 22.7 Å². The lowest BCUT2D eigenvalue weighted by Crippen LogP contribution is -2.70. The molecule has 1 aromatic carbocycles. The van der Waals surface area contributed by atoms with Gasteiger partial charge in [0.25, 0.3) is 0 Å². The van der Waals surface area contributed by atoms with Crippen molar-refractivity contribution in [3.05, 3.63) is 28.7 Å². The quantitative estimate of drug-likeness (QED) is 0.784. The highest BCUT2D eigenvalue weighted by Crippen LogP contribution is 2.34. The van der Waals surface area contributed by atoms with Gasteiger partial charge in [-0.1, -0.05) is 15.9 Å². The second-order valence-corrected chi connectivity index (χ2v) is 5.41. The van der Waals surface area contributed by atoms with Gasteiger partial charge in [-0.3, -0.25) is 9.69 Å². The molecule has 2 unspecified atom stereocenters. The molecule has 1 amide bonds. The molecule has 16 heavy (non-hydrogen) atoms. The van der Waals surface area contributed by atoms with E-state index < -0.39 is 0 Å². The molecule has 3 heterocycles. The second kappa shape index (κ2) is 3.57. The Kier molecular flexibility index (Phi) is 2.30. The van der Waals surface area contributed by atoms with Crippen LogP contribution >= 0.6 is 15.9 Å². The average Bonchev–Trinajstić information content (AvgIpc) is 2.29. The number of benzene rings is 1. The van der Waals surface area contributed by atoms with E-state index in [0.717, 1.165) is 23.1 Å². The molecule has 4 heteroatoms. The van der Waals surface area contributed by atoms with Crippen molar-refractivity contribution in [1.29, 1.82) is 0 Å². The van der Waals surface area contributed by atoms with Gasteiger partial charge < -0.3 is 4.90 Å². The van der Waals surface area contributed by atoms with Crippen LogP contribution in [0.1, 0.15) is 6.42 Å². The molecule has 0 N–H and O–H groups in total. The van der Waals surface area contributed by atoms with E-state index in [0.29, 0.717) is 6.04 Å². The summed E-state index contributed by atoms with van der Waals surface area (Å²) in [5.41, 5.74) is 1.01. The molecule has 2 atom stereocenters. The maximum Gasteiger partial charge on any atom is 0.244 e. The number of piperidine rings is 1. The van der Waals surface area contributed by atoms with Gasteiger partial charge in [0.15, 0.2) is 0 Å². The molecule has 1 aromatic rings. The fourth-order valence-corrected chi connectivity index (χ4v) is 2.78. The predicted molar refractivity (Wildman–Crippen MR) is 66.5 cm³/mol. The summed E-state index contributed by atoms with van der Waals surface area (Å²) >= 11 is 3.40. The molecule has 3 aliphatic heterocycles. The maximum absolute atomic E-state index is 12.1. The third kappa shape index (κ3) is 1.40. The van der Waals surface area contributed by atoms with Gasteiger partial charge in [0.2, 0.25) is 5.91 Å². The normalized spacial score (nSPS) is 29.1. The fraction of sp³-hybridized carbons (Fsp3) is 0.417. The molecular formula is C12H13BrN2O. The van der Waals surface area contributed by atoms with Crippen LogP contribution in [0.2, 0.25) is 0 Å². The number of carbonyl (C=O) groups excluding carboxylic acids is 1. The number of piperazine rings is 1. The number of anilines is 1. The van der Waals surface area contributed by atoms with E-state index in [4.69, 9.17) is 0 Å². The van der Waals surface area contributed by atoms with Crippen LogP contribution in [0, 0.1) is 0 Å². The summed E-state index contributed by atoms with van der Waals surface area (Å²) in [5.74, 6) is 0.243. The summed E-state index contributed by atoms with van der Waals surface area (Å²) in [7, 11) is 2.04. The van der Waals surface area contributed by atoms with E-state index in [1.165, 1.54) is 0 Å². The number of carbonyl (C=O) groups is 1. The van der Waals surface area contributed by atoms with Crippen molar-refractivity contribution in [2.75, 3.05) is 18.5 Å². The number of hydrogen-bond acceptors (Lipinski definition) is 2. The van der Waals surface area contributed by atoms with Crippen molar-refractivity contribution in [3.63, 3.8) is 0 Å². The Bertz CT molecular complexity index is 431. The lowest BCUT2D eigenvalue weighted by molar-refractivity contribution is -0.135. The van der Waals surface area contributed by atoms with E-state index in [-0.39, 0.29) is 11.9 Å². The topological polar surface area (TPSA) is 23.6 Å². The summed E-state index contributed by atoms with van der Waals surface area (Å²) < 4.78 is 1.04. The Morgan fingerprint density at radius 1 is 1.31 bits per heavy atom. The van der Waals surface area contributed by atoms with E-state index in [9.17, 15) is 4.79 Å². The zero-order valence-corrected chi connectivity index (χ0v) is 10.6. The highest BCUT2D eigenvalue weighted by molar-refractivity contribution is 9.10. The molecule has 0 aromatic heterocycles. The van der Waals surface area contributed by atoms with Crippen LogP contribution in [0.25, 0.3) is 0 Å². The van der Waals surface area contributed by atoms with Gasteiger partial charge in [-0.15, -0.1) is 0 Å². The lowest BCUT2D eigenvalue weighted by Gasteiger charge is -2.53. The number of hydrogen-bond donors (Lipinski definition) is 0. The van der Waals surface area contributed by atoms with Crippen LogP contribution < -0.4 is 4.90 Å². The monoisotopic (exact) mass is 280 g/mol. The first-order valence-electron chi connectivity index (χ1n) is 5.45. The summed E-state index contributed by atoms with van der Waals surface area (Å²) in [6, 6.07) is 8.60. The van der Waals surface area contributed by atoms with Crippen molar-refractivity contribution in [2.24, 2.45) is 0 Å². The molecule has 2 bridgehead atoms. The number of halogens is 1. The molecular weight excluding hydrogens is 268 g/mol. The average molecular weight is 281 g/mol. The first-order chi connectivity index (χ1) is 7.66. The van der Waals surface area contributed by atoms with Crippen LogP contribution in [0.15, 0.2) is 28.7 Å². The lowest BCUT2D eigenvalue weighted by atomic mass is 9.87. The standard InChI is InChI=1S/C12H13BrN2O/c1-14-10-6-11(14)12(16)15(7-10)9-4-2-8(13)3-5-9/h2-5,10-11H,6-7H2,1H3. The van der Waals surface area contributed by atoms with Gasteiger partial charge in [0.1, 0.15) is 0 Å². The molecule has 3 fully saturated rings.